The van der Waals surface area contributed by atoms with Crippen molar-refractivity contribution < 1.29 is 4.79 Å². The Hall–Kier alpha value is -3.37. The van der Waals surface area contributed by atoms with E-state index in [-0.39, 0.29) is 18.0 Å². The second-order valence-electron chi connectivity index (χ2n) is 7.55. The van der Waals surface area contributed by atoms with Gasteiger partial charge in [0.25, 0.3) is 11.5 Å². The highest BCUT2D eigenvalue weighted by atomic mass is 35.5. The van der Waals surface area contributed by atoms with Crippen LogP contribution in [0.4, 0.5) is 0 Å². The second-order valence-corrected chi connectivity index (χ2v) is 7.99. The van der Waals surface area contributed by atoms with E-state index in [4.69, 9.17) is 11.6 Å². The summed E-state index contributed by atoms with van der Waals surface area (Å²) in [4.78, 5) is 30.7. The first kappa shape index (κ1) is 20.9. The Bertz CT molecular complexity index is 1260. The number of pyridine rings is 1. The molecule has 1 heterocycles. The van der Waals surface area contributed by atoms with Crippen molar-refractivity contribution in [2.75, 3.05) is 0 Å². The summed E-state index contributed by atoms with van der Waals surface area (Å²) in [6, 6.07) is 24.4. The molecule has 1 N–H and O–H groups in total. The first-order valence-corrected chi connectivity index (χ1v) is 10.6. The van der Waals surface area contributed by atoms with Gasteiger partial charge < -0.3 is 9.88 Å². The van der Waals surface area contributed by atoms with Gasteiger partial charge in [-0.2, -0.15) is 0 Å². The number of carbonyl (C=O) groups is 1. The molecule has 0 atom stereocenters. The summed E-state index contributed by atoms with van der Waals surface area (Å²) in [7, 11) is 0. The number of amides is 1. The highest BCUT2D eigenvalue weighted by Gasteiger charge is 2.18. The van der Waals surface area contributed by atoms with E-state index in [0.717, 1.165) is 22.9 Å². The minimum absolute atomic E-state index is 0.127. The van der Waals surface area contributed by atoms with Crippen molar-refractivity contribution in [2.45, 2.75) is 26.4 Å². The lowest BCUT2D eigenvalue weighted by atomic mass is 10.1. The van der Waals surface area contributed by atoms with E-state index in [1.807, 2.05) is 48.5 Å². The van der Waals surface area contributed by atoms with Gasteiger partial charge in [-0.25, -0.2) is 0 Å². The Morgan fingerprint density at radius 3 is 2.32 bits per heavy atom. The van der Waals surface area contributed by atoms with Crippen molar-refractivity contribution in [3.63, 3.8) is 0 Å². The molecule has 0 saturated carbocycles. The number of aryl methyl sites for hydroxylation is 1. The number of halogens is 1. The summed E-state index contributed by atoms with van der Waals surface area (Å²) in [5, 5.41) is 1.61. The summed E-state index contributed by atoms with van der Waals surface area (Å²) in [5.41, 5.74) is 3.90. The third-order valence-electron chi connectivity index (χ3n) is 5.35. The van der Waals surface area contributed by atoms with Gasteiger partial charge in [0.05, 0.1) is 6.54 Å². The maximum absolute atomic E-state index is 13.3. The van der Waals surface area contributed by atoms with Crippen LogP contribution in [0.1, 0.15) is 34.0 Å². The van der Waals surface area contributed by atoms with E-state index >= 15 is 0 Å². The fraction of sp³-hybridized carbons (Fsp3) is 0.154. The Balaban J connectivity index is 1.71. The fourth-order valence-corrected chi connectivity index (χ4v) is 3.74. The summed E-state index contributed by atoms with van der Waals surface area (Å²) >= 11 is 6.01. The minimum Gasteiger partial charge on any atom is -0.330 e. The minimum atomic E-state index is -0.182. The molecule has 31 heavy (non-hydrogen) atoms. The molecule has 4 nitrogen and oxygen atoms in total. The average molecular weight is 431 g/mol. The summed E-state index contributed by atoms with van der Waals surface area (Å²) in [6.07, 6.45) is 0.916. The average Bonchev–Trinajstić information content (AvgIpc) is 2.80. The molecule has 5 heteroatoms. The van der Waals surface area contributed by atoms with Crippen LogP contribution >= 0.6 is 11.6 Å². The molecule has 3 aromatic carbocycles. The van der Waals surface area contributed by atoms with Crippen LogP contribution in [0.2, 0.25) is 5.02 Å². The van der Waals surface area contributed by atoms with Crippen LogP contribution in [0, 0.1) is 0 Å². The quantitative estimate of drug-likeness (QED) is 0.433. The molecule has 4 aromatic rings. The van der Waals surface area contributed by atoms with E-state index in [9.17, 15) is 9.59 Å². The zero-order valence-corrected chi connectivity index (χ0v) is 18.0. The van der Waals surface area contributed by atoms with Gasteiger partial charge in [-0.1, -0.05) is 54.9 Å². The number of carbonyl (C=O) groups excluding carboxylic acids is 1. The molecule has 1 amide bonds. The summed E-state index contributed by atoms with van der Waals surface area (Å²) < 4.78 is 0. The number of fused-ring (bicyclic) bond motifs is 1. The number of nitrogens with zero attached hydrogens (tertiary/aromatic N) is 1. The lowest BCUT2D eigenvalue weighted by Crippen LogP contribution is -2.32. The fourth-order valence-electron chi connectivity index (χ4n) is 3.62. The summed E-state index contributed by atoms with van der Waals surface area (Å²) in [5.74, 6) is -0.127. The molecule has 0 bridgehead atoms. The molecule has 156 valence electrons. The number of hydrogen-bond acceptors (Lipinski definition) is 2. The molecule has 0 aliphatic carbocycles. The van der Waals surface area contributed by atoms with Gasteiger partial charge in [0.2, 0.25) is 0 Å². The normalized spacial score (nSPS) is 10.9. The van der Waals surface area contributed by atoms with Gasteiger partial charge in [0, 0.05) is 28.2 Å². The largest absolute Gasteiger partial charge is 0.330 e. The second kappa shape index (κ2) is 9.19. The number of aromatic amines is 1. The van der Waals surface area contributed by atoms with Crippen LogP contribution in [0.15, 0.2) is 83.7 Å². The maximum Gasteiger partial charge on any atom is 0.254 e. The van der Waals surface area contributed by atoms with Crippen molar-refractivity contribution in [3.05, 3.63) is 116 Å². The van der Waals surface area contributed by atoms with Gasteiger partial charge in [-0.15, -0.1) is 0 Å². The molecule has 0 aliphatic heterocycles. The number of hydrogen-bond donors (Lipinski definition) is 1. The third kappa shape index (κ3) is 4.86. The van der Waals surface area contributed by atoms with Gasteiger partial charge in [0.15, 0.2) is 0 Å². The zero-order chi connectivity index (χ0) is 21.8. The van der Waals surface area contributed by atoms with Crippen LogP contribution in [0.3, 0.4) is 0 Å². The highest BCUT2D eigenvalue weighted by molar-refractivity contribution is 6.30. The molecule has 4 rings (SSSR count). The lowest BCUT2D eigenvalue weighted by molar-refractivity contribution is 0.0729. The number of rotatable bonds is 6. The van der Waals surface area contributed by atoms with Gasteiger partial charge in [0.1, 0.15) is 0 Å². The third-order valence-corrected chi connectivity index (χ3v) is 5.60. The Morgan fingerprint density at radius 2 is 1.61 bits per heavy atom. The smallest absolute Gasteiger partial charge is 0.254 e. The molecule has 0 radical (unpaired) electrons. The first-order chi connectivity index (χ1) is 15.0. The van der Waals surface area contributed by atoms with Crippen molar-refractivity contribution in [1.29, 1.82) is 0 Å². The number of nitrogens with one attached hydrogen (secondary N) is 1. The van der Waals surface area contributed by atoms with Crippen molar-refractivity contribution in [3.8, 4) is 0 Å². The Labute approximate surface area is 186 Å². The predicted molar refractivity (Wildman–Crippen MR) is 125 cm³/mol. The number of benzene rings is 3. The molecule has 0 saturated heterocycles. The maximum atomic E-state index is 13.3. The van der Waals surface area contributed by atoms with Crippen molar-refractivity contribution in [1.82, 2.24) is 9.88 Å². The molecule has 1 aromatic heterocycles. The molecular weight excluding hydrogens is 408 g/mol. The lowest BCUT2D eigenvalue weighted by Gasteiger charge is -2.23. The van der Waals surface area contributed by atoms with Crippen LogP contribution in [0.5, 0.6) is 0 Å². The zero-order valence-electron chi connectivity index (χ0n) is 17.3. The predicted octanol–water partition coefficient (Wildman–Crippen LogP) is 5.59. The first-order valence-electron chi connectivity index (χ1n) is 10.3. The van der Waals surface area contributed by atoms with Gasteiger partial charge in [-0.05, 0) is 65.4 Å². The molecule has 0 spiro atoms. The van der Waals surface area contributed by atoms with Gasteiger partial charge >= 0.3 is 0 Å². The topological polar surface area (TPSA) is 53.2 Å². The van der Waals surface area contributed by atoms with E-state index in [1.54, 1.807) is 29.2 Å². The highest BCUT2D eigenvalue weighted by Crippen LogP contribution is 2.18. The molecule has 0 fully saturated rings. The van der Waals surface area contributed by atoms with E-state index < -0.39 is 0 Å². The molecule has 0 aliphatic rings. The van der Waals surface area contributed by atoms with Crippen LogP contribution < -0.4 is 5.56 Å². The number of H-pyrrole nitrogens is 1. The van der Waals surface area contributed by atoms with Crippen molar-refractivity contribution in [2.24, 2.45) is 0 Å². The van der Waals surface area contributed by atoms with Crippen LogP contribution in [0.25, 0.3) is 10.9 Å². The van der Waals surface area contributed by atoms with E-state index in [0.29, 0.717) is 22.7 Å². The molecular formula is C26H23ClN2O2. The van der Waals surface area contributed by atoms with Crippen LogP contribution in [-0.4, -0.2) is 15.8 Å². The Kier molecular flexibility index (Phi) is 6.19. The van der Waals surface area contributed by atoms with E-state index in [2.05, 4.69) is 18.0 Å². The van der Waals surface area contributed by atoms with Gasteiger partial charge in [-0.3, -0.25) is 9.59 Å². The van der Waals surface area contributed by atoms with Crippen molar-refractivity contribution >= 4 is 28.4 Å². The molecule has 0 unspecified atom stereocenters. The Morgan fingerprint density at radius 1 is 0.903 bits per heavy atom. The number of aromatic nitrogens is 1. The van der Waals surface area contributed by atoms with Crippen LogP contribution in [-0.2, 0) is 19.5 Å². The summed E-state index contributed by atoms with van der Waals surface area (Å²) in [6.45, 7) is 2.68. The monoisotopic (exact) mass is 430 g/mol. The van der Waals surface area contributed by atoms with E-state index in [1.165, 1.54) is 5.56 Å². The SMILES string of the molecule is CCc1ccc2[nH]c(=O)c(CN(Cc3ccc(Cl)cc3)C(=O)c3ccccc3)cc2c1. The standard InChI is InChI=1S/C26H23ClN2O2/c1-2-18-10-13-24-21(14-18)15-22(25(30)28-24)17-29(16-19-8-11-23(27)12-9-19)26(31)20-6-4-3-5-7-20/h3-15H,2,16-17H2,1H3,(H,28,30).